The summed E-state index contributed by atoms with van der Waals surface area (Å²) in [7, 11) is -0.618. The number of anilines is 2. The highest BCUT2D eigenvalue weighted by atomic mass is 32.2. The minimum atomic E-state index is -3.53. The van der Waals surface area contributed by atoms with Gasteiger partial charge in [0.25, 0.3) is 0 Å². The maximum atomic E-state index is 12.5. The lowest BCUT2D eigenvalue weighted by Gasteiger charge is -2.18. The number of benzene rings is 1. The van der Waals surface area contributed by atoms with Crippen LogP contribution in [0.1, 0.15) is 12.1 Å². The van der Waals surface area contributed by atoms with Crippen LogP contribution in [0.2, 0.25) is 0 Å². The molecule has 9 heteroatoms. The van der Waals surface area contributed by atoms with Crippen LogP contribution >= 0.6 is 0 Å². The molecule has 0 aliphatic carbocycles. The Morgan fingerprint density at radius 1 is 1.18 bits per heavy atom. The Bertz CT molecular complexity index is 1000. The SMILES string of the molecule is Cc1cccc(NC(=O)[C@H]2CC(=O)N(c3ccc(S(=O)(=O)N(C)C)cc3)C2)n1. The van der Waals surface area contributed by atoms with E-state index in [2.05, 4.69) is 10.3 Å². The van der Waals surface area contributed by atoms with Gasteiger partial charge in [0.2, 0.25) is 21.8 Å². The van der Waals surface area contributed by atoms with Crippen LogP contribution in [0, 0.1) is 12.8 Å². The van der Waals surface area contributed by atoms with E-state index in [1.807, 2.05) is 13.0 Å². The smallest absolute Gasteiger partial charge is 0.242 e. The third kappa shape index (κ3) is 4.05. The van der Waals surface area contributed by atoms with E-state index in [1.165, 1.54) is 31.1 Å². The molecule has 28 heavy (non-hydrogen) atoms. The van der Waals surface area contributed by atoms with E-state index in [4.69, 9.17) is 0 Å². The van der Waals surface area contributed by atoms with Crippen molar-refractivity contribution in [3.05, 3.63) is 48.2 Å². The van der Waals surface area contributed by atoms with Crippen molar-refractivity contribution < 1.29 is 18.0 Å². The number of amides is 2. The maximum Gasteiger partial charge on any atom is 0.242 e. The predicted octanol–water partition coefficient (Wildman–Crippen LogP) is 1.63. The molecule has 1 aromatic carbocycles. The highest BCUT2D eigenvalue weighted by molar-refractivity contribution is 7.89. The topological polar surface area (TPSA) is 99.7 Å². The minimum Gasteiger partial charge on any atom is -0.312 e. The van der Waals surface area contributed by atoms with Gasteiger partial charge < -0.3 is 10.2 Å². The van der Waals surface area contributed by atoms with Crippen molar-refractivity contribution in [3.63, 3.8) is 0 Å². The van der Waals surface area contributed by atoms with Gasteiger partial charge in [-0.2, -0.15) is 0 Å². The van der Waals surface area contributed by atoms with Gasteiger partial charge in [-0.1, -0.05) is 6.07 Å². The summed E-state index contributed by atoms with van der Waals surface area (Å²) in [4.78, 5) is 30.8. The standard InChI is InChI=1S/C19H22N4O4S/c1-13-5-4-6-17(20-13)21-19(25)14-11-18(24)23(12-14)15-7-9-16(10-8-15)28(26,27)22(2)3/h4-10,14H,11-12H2,1-3H3,(H,20,21,25)/t14-/m0/s1. The summed E-state index contributed by atoms with van der Waals surface area (Å²) in [5, 5.41) is 2.74. The van der Waals surface area contributed by atoms with E-state index >= 15 is 0 Å². The number of carbonyl (C=O) groups is 2. The van der Waals surface area contributed by atoms with Crippen LogP contribution in [0.25, 0.3) is 0 Å². The number of nitrogens with zero attached hydrogens (tertiary/aromatic N) is 3. The largest absolute Gasteiger partial charge is 0.312 e. The Morgan fingerprint density at radius 2 is 1.86 bits per heavy atom. The molecule has 0 bridgehead atoms. The summed E-state index contributed by atoms with van der Waals surface area (Å²) in [5.74, 6) is -0.490. The summed E-state index contributed by atoms with van der Waals surface area (Å²) in [6.45, 7) is 2.06. The fourth-order valence-corrected chi connectivity index (χ4v) is 3.88. The van der Waals surface area contributed by atoms with Crippen molar-refractivity contribution in [2.75, 3.05) is 30.9 Å². The molecule has 1 aliphatic rings. The van der Waals surface area contributed by atoms with Crippen LogP contribution in [-0.2, 0) is 19.6 Å². The molecule has 1 fully saturated rings. The molecule has 1 saturated heterocycles. The molecule has 3 rings (SSSR count). The fraction of sp³-hybridized carbons (Fsp3) is 0.316. The minimum absolute atomic E-state index is 0.0927. The molecule has 8 nitrogen and oxygen atoms in total. The molecular weight excluding hydrogens is 380 g/mol. The first-order valence-electron chi connectivity index (χ1n) is 8.76. The van der Waals surface area contributed by atoms with Crippen molar-refractivity contribution in [2.24, 2.45) is 5.92 Å². The first kappa shape index (κ1) is 20.0. The predicted molar refractivity (Wildman–Crippen MR) is 105 cm³/mol. The molecule has 0 spiro atoms. The molecule has 2 amide bonds. The average Bonchev–Trinajstić information content (AvgIpc) is 3.03. The summed E-state index contributed by atoms with van der Waals surface area (Å²) < 4.78 is 25.4. The number of aryl methyl sites for hydroxylation is 1. The van der Waals surface area contributed by atoms with E-state index in [9.17, 15) is 18.0 Å². The lowest BCUT2D eigenvalue weighted by Crippen LogP contribution is -2.28. The summed E-state index contributed by atoms with van der Waals surface area (Å²) in [6.07, 6.45) is 0.0927. The van der Waals surface area contributed by atoms with Crippen molar-refractivity contribution in [1.82, 2.24) is 9.29 Å². The molecule has 0 saturated carbocycles. The van der Waals surface area contributed by atoms with Gasteiger partial charge in [-0.05, 0) is 43.3 Å². The Kier molecular flexibility index (Phi) is 5.48. The van der Waals surface area contributed by atoms with Crippen molar-refractivity contribution in [1.29, 1.82) is 0 Å². The van der Waals surface area contributed by atoms with Crippen molar-refractivity contribution in [3.8, 4) is 0 Å². The van der Waals surface area contributed by atoms with Crippen LogP contribution < -0.4 is 10.2 Å². The first-order valence-corrected chi connectivity index (χ1v) is 10.2. The van der Waals surface area contributed by atoms with Gasteiger partial charge >= 0.3 is 0 Å². The molecule has 0 radical (unpaired) electrons. The lowest BCUT2D eigenvalue weighted by molar-refractivity contribution is -0.122. The second-order valence-electron chi connectivity index (χ2n) is 6.84. The average molecular weight is 402 g/mol. The zero-order chi connectivity index (χ0) is 20.5. The van der Waals surface area contributed by atoms with Crippen LogP contribution in [0.4, 0.5) is 11.5 Å². The van der Waals surface area contributed by atoms with Crippen molar-refractivity contribution in [2.45, 2.75) is 18.2 Å². The molecule has 1 atom stereocenters. The number of sulfonamides is 1. The normalized spacial score (nSPS) is 17.2. The molecule has 1 aliphatic heterocycles. The molecule has 1 N–H and O–H groups in total. The second-order valence-corrected chi connectivity index (χ2v) is 8.99. The number of carbonyl (C=O) groups excluding carboxylic acids is 2. The molecule has 1 aromatic heterocycles. The lowest BCUT2D eigenvalue weighted by atomic mass is 10.1. The van der Waals surface area contributed by atoms with E-state index in [-0.39, 0.29) is 29.7 Å². The third-order valence-electron chi connectivity index (χ3n) is 4.56. The zero-order valence-electron chi connectivity index (χ0n) is 15.9. The quantitative estimate of drug-likeness (QED) is 0.819. The number of rotatable bonds is 5. The van der Waals surface area contributed by atoms with Crippen LogP contribution in [0.15, 0.2) is 47.4 Å². The zero-order valence-corrected chi connectivity index (χ0v) is 16.7. The van der Waals surface area contributed by atoms with Crippen LogP contribution in [0.3, 0.4) is 0 Å². The van der Waals surface area contributed by atoms with Gasteiger partial charge in [0.05, 0.1) is 10.8 Å². The number of hydrogen-bond acceptors (Lipinski definition) is 5. The van der Waals surface area contributed by atoms with E-state index in [0.717, 1.165) is 10.00 Å². The summed E-state index contributed by atoms with van der Waals surface area (Å²) >= 11 is 0. The van der Waals surface area contributed by atoms with Gasteiger partial charge in [-0.25, -0.2) is 17.7 Å². The van der Waals surface area contributed by atoms with Gasteiger partial charge in [0.1, 0.15) is 5.82 Å². The first-order chi connectivity index (χ1) is 13.2. The Balaban J connectivity index is 1.71. The summed E-state index contributed by atoms with van der Waals surface area (Å²) in [5.41, 5.74) is 1.35. The van der Waals surface area contributed by atoms with Crippen molar-refractivity contribution >= 4 is 33.3 Å². The number of aromatic nitrogens is 1. The van der Waals surface area contributed by atoms with Crippen LogP contribution in [-0.4, -0.2) is 50.2 Å². The van der Waals surface area contributed by atoms with Gasteiger partial charge in [-0.3, -0.25) is 9.59 Å². The Hall–Kier alpha value is -2.78. The molecule has 2 heterocycles. The third-order valence-corrected chi connectivity index (χ3v) is 6.39. The Morgan fingerprint density at radius 3 is 2.46 bits per heavy atom. The fourth-order valence-electron chi connectivity index (χ4n) is 2.98. The number of hydrogen-bond donors (Lipinski definition) is 1. The van der Waals surface area contributed by atoms with Gasteiger partial charge in [-0.15, -0.1) is 0 Å². The van der Waals surface area contributed by atoms with E-state index in [0.29, 0.717) is 11.5 Å². The van der Waals surface area contributed by atoms with E-state index in [1.54, 1.807) is 24.3 Å². The number of pyridine rings is 1. The van der Waals surface area contributed by atoms with E-state index < -0.39 is 15.9 Å². The highest BCUT2D eigenvalue weighted by Crippen LogP contribution is 2.27. The monoisotopic (exact) mass is 402 g/mol. The second kappa shape index (κ2) is 7.69. The molecule has 0 unspecified atom stereocenters. The Labute approximate surface area is 164 Å². The molecule has 2 aromatic rings. The molecule has 148 valence electrons. The summed E-state index contributed by atoms with van der Waals surface area (Å²) in [6, 6.07) is 11.4. The molecular formula is C19H22N4O4S. The van der Waals surface area contributed by atoms with Gasteiger partial charge in [0, 0.05) is 38.4 Å². The van der Waals surface area contributed by atoms with Crippen LogP contribution in [0.5, 0.6) is 0 Å². The maximum absolute atomic E-state index is 12.5. The highest BCUT2D eigenvalue weighted by Gasteiger charge is 2.35. The van der Waals surface area contributed by atoms with Gasteiger partial charge in [0.15, 0.2) is 0 Å². The number of nitrogens with one attached hydrogen (secondary N) is 1.